The number of aryl methyl sites for hydroxylation is 1. The van der Waals surface area contributed by atoms with Crippen LogP contribution in [-0.4, -0.2) is 75.9 Å². The first-order valence-electron chi connectivity index (χ1n) is 13.4. The van der Waals surface area contributed by atoms with Crippen molar-refractivity contribution >= 4 is 17.7 Å². The Morgan fingerprint density at radius 1 is 1.07 bits per heavy atom. The number of nitrogens with zero attached hydrogens (tertiary/aromatic N) is 5. The molecule has 0 unspecified atom stereocenters. The van der Waals surface area contributed by atoms with Gasteiger partial charge < -0.3 is 29.5 Å². The summed E-state index contributed by atoms with van der Waals surface area (Å²) < 4.78 is 18.2. The molecule has 13 nitrogen and oxygen atoms in total. The van der Waals surface area contributed by atoms with E-state index < -0.39 is 17.9 Å². The van der Waals surface area contributed by atoms with Crippen molar-refractivity contribution in [3.63, 3.8) is 0 Å². The summed E-state index contributed by atoms with van der Waals surface area (Å²) in [6.45, 7) is 3.80. The number of benzene rings is 2. The molecule has 42 heavy (non-hydrogen) atoms. The van der Waals surface area contributed by atoms with E-state index in [1.54, 1.807) is 36.7 Å². The number of hydrogen-bond acceptors (Lipinski definition) is 9. The number of nitrogens with one attached hydrogen (secondary N) is 2. The van der Waals surface area contributed by atoms with Gasteiger partial charge in [0.1, 0.15) is 18.2 Å². The van der Waals surface area contributed by atoms with Crippen LogP contribution in [0, 0.1) is 6.92 Å². The third-order valence-corrected chi connectivity index (χ3v) is 6.62. The van der Waals surface area contributed by atoms with Gasteiger partial charge in [-0.3, -0.25) is 14.4 Å². The van der Waals surface area contributed by atoms with Crippen molar-refractivity contribution in [1.29, 1.82) is 0 Å². The first-order valence-corrected chi connectivity index (χ1v) is 13.4. The van der Waals surface area contributed by atoms with E-state index in [9.17, 15) is 14.4 Å². The zero-order valence-electron chi connectivity index (χ0n) is 23.5. The zero-order valence-corrected chi connectivity index (χ0v) is 23.5. The minimum Gasteiger partial charge on any atom is -0.493 e. The molecule has 1 atom stereocenters. The predicted octanol–water partition coefficient (Wildman–Crippen LogP) is 2.39. The van der Waals surface area contributed by atoms with E-state index in [2.05, 4.69) is 20.9 Å². The average Bonchev–Trinajstić information content (AvgIpc) is 3.62. The summed E-state index contributed by atoms with van der Waals surface area (Å²) in [5, 5.41) is 14.2. The first-order chi connectivity index (χ1) is 20.3. The second-order valence-corrected chi connectivity index (χ2v) is 9.69. The molecule has 0 fully saturated rings. The molecular formula is C29H31N7O6. The number of carbonyl (C=O) groups is 3. The van der Waals surface area contributed by atoms with E-state index in [1.807, 2.05) is 30.3 Å². The van der Waals surface area contributed by atoms with Gasteiger partial charge in [0.05, 0.1) is 26.2 Å². The summed E-state index contributed by atoms with van der Waals surface area (Å²) >= 11 is 0. The molecule has 2 aromatic heterocycles. The highest BCUT2D eigenvalue weighted by Gasteiger charge is 2.25. The number of amides is 3. The second kappa shape index (κ2) is 12.5. The fraction of sp³-hybridized carbons (Fsp3) is 0.310. The Hall–Kier alpha value is -5.20. The number of ether oxygens (including phenoxy) is 2. The molecule has 2 N–H and O–H groups in total. The Morgan fingerprint density at radius 3 is 2.62 bits per heavy atom. The Kier molecular flexibility index (Phi) is 8.46. The first kappa shape index (κ1) is 28.3. The number of hydrogen-bond donors (Lipinski definition) is 2. The Bertz CT molecular complexity index is 1580. The summed E-state index contributed by atoms with van der Waals surface area (Å²) in [6, 6.07) is 15.3. The molecule has 5 rings (SSSR count). The van der Waals surface area contributed by atoms with Crippen molar-refractivity contribution in [2.45, 2.75) is 26.4 Å². The largest absolute Gasteiger partial charge is 0.493 e. The molecule has 0 radical (unpaired) electrons. The van der Waals surface area contributed by atoms with Crippen LogP contribution >= 0.6 is 0 Å². The number of rotatable bonds is 3. The van der Waals surface area contributed by atoms with Crippen LogP contribution in [0.3, 0.4) is 0 Å². The van der Waals surface area contributed by atoms with E-state index >= 15 is 0 Å². The van der Waals surface area contributed by atoms with Gasteiger partial charge >= 0.3 is 0 Å². The van der Waals surface area contributed by atoms with E-state index in [-0.39, 0.29) is 37.8 Å². The van der Waals surface area contributed by atoms with Gasteiger partial charge in [-0.05, 0) is 32.0 Å². The maximum absolute atomic E-state index is 13.2. The lowest BCUT2D eigenvalue weighted by atomic mass is 10.2. The van der Waals surface area contributed by atoms with Crippen LogP contribution in [0.5, 0.6) is 11.5 Å². The van der Waals surface area contributed by atoms with Crippen molar-refractivity contribution in [3.8, 4) is 22.9 Å². The molecule has 0 saturated carbocycles. The summed E-state index contributed by atoms with van der Waals surface area (Å²) in [6.07, 6.45) is 0. The highest BCUT2D eigenvalue weighted by atomic mass is 16.5. The van der Waals surface area contributed by atoms with Crippen LogP contribution < -0.4 is 20.1 Å². The van der Waals surface area contributed by atoms with E-state index in [4.69, 9.17) is 19.0 Å². The molecule has 3 heterocycles. The average molecular weight is 574 g/mol. The van der Waals surface area contributed by atoms with Crippen molar-refractivity contribution in [2.75, 3.05) is 33.4 Å². The number of methoxy groups -OCH3 is 1. The molecule has 1 aliphatic rings. The third kappa shape index (κ3) is 6.40. The maximum atomic E-state index is 13.2. The predicted molar refractivity (Wildman–Crippen MR) is 150 cm³/mol. The second-order valence-electron chi connectivity index (χ2n) is 9.69. The molecule has 3 amide bonds. The van der Waals surface area contributed by atoms with Crippen molar-refractivity contribution < 1.29 is 28.4 Å². The van der Waals surface area contributed by atoms with Gasteiger partial charge in [-0.25, -0.2) is 9.67 Å². The molecule has 2 bridgehead atoms. The van der Waals surface area contributed by atoms with E-state index in [1.165, 1.54) is 18.1 Å². The maximum Gasteiger partial charge on any atom is 0.276 e. The van der Waals surface area contributed by atoms with Gasteiger partial charge in [-0.15, -0.1) is 0 Å². The Labute approximate surface area is 241 Å². The standard InChI is InChI=1S/C29H31N7O6/c1-18-15-22(34-42-18)29(39)35-12-11-30-28(38)21-9-10-23(40-3)24(16-21)41-14-13-36-27(19(2)31-25(37)17-35)32-26(33-36)20-7-5-4-6-8-20/h4-10,15-16,19H,11-14,17H2,1-3H3,(H,30,38)(H,31,37)/t19-/m1/s1. The van der Waals surface area contributed by atoms with E-state index in [0.717, 1.165) is 5.56 Å². The summed E-state index contributed by atoms with van der Waals surface area (Å²) in [5.41, 5.74) is 1.23. The Morgan fingerprint density at radius 2 is 1.88 bits per heavy atom. The van der Waals surface area contributed by atoms with Gasteiger partial charge in [0.25, 0.3) is 11.8 Å². The van der Waals surface area contributed by atoms with Crippen LogP contribution in [0.15, 0.2) is 59.1 Å². The molecule has 0 spiro atoms. The molecular weight excluding hydrogens is 542 g/mol. The molecule has 218 valence electrons. The Balaban J connectivity index is 1.48. The monoisotopic (exact) mass is 573 g/mol. The van der Waals surface area contributed by atoms with Gasteiger partial charge in [0.15, 0.2) is 23.0 Å². The third-order valence-electron chi connectivity index (χ3n) is 6.62. The lowest BCUT2D eigenvalue weighted by molar-refractivity contribution is -0.122. The minimum atomic E-state index is -0.554. The van der Waals surface area contributed by atoms with Crippen molar-refractivity contribution in [1.82, 2.24) is 35.5 Å². The highest BCUT2D eigenvalue weighted by molar-refractivity contribution is 5.96. The lowest BCUT2D eigenvalue weighted by Gasteiger charge is -2.22. The number of fused-ring (bicyclic) bond motifs is 3. The molecule has 4 aromatic rings. The molecule has 0 aliphatic carbocycles. The normalized spacial score (nSPS) is 16.5. The van der Waals surface area contributed by atoms with Crippen LogP contribution in [0.2, 0.25) is 0 Å². The van der Waals surface area contributed by atoms with Gasteiger partial charge in [0, 0.05) is 30.3 Å². The number of aromatic nitrogens is 4. The smallest absolute Gasteiger partial charge is 0.276 e. The molecule has 1 aliphatic heterocycles. The quantitative estimate of drug-likeness (QED) is 0.376. The number of carbonyl (C=O) groups excluding carboxylic acids is 3. The molecule has 0 saturated heterocycles. The van der Waals surface area contributed by atoms with E-state index in [0.29, 0.717) is 41.0 Å². The van der Waals surface area contributed by atoms with Crippen LogP contribution in [0.4, 0.5) is 0 Å². The minimum absolute atomic E-state index is 0.0477. The summed E-state index contributed by atoms with van der Waals surface area (Å²) in [4.78, 5) is 45.4. The summed E-state index contributed by atoms with van der Waals surface area (Å²) in [5.74, 6) is 1.02. The van der Waals surface area contributed by atoms with Gasteiger partial charge in [0.2, 0.25) is 5.91 Å². The topological polar surface area (TPSA) is 154 Å². The van der Waals surface area contributed by atoms with Crippen molar-refractivity contribution in [2.24, 2.45) is 0 Å². The van der Waals surface area contributed by atoms with Crippen LogP contribution in [0.25, 0.3) is 11.4 Å². The van der Waals surface area contributed by atoms with Crippen LogP contribution in [-0.2, 0) is 11.3 Å². The SMILES string of the molecule is COc1ccc2cc1OCCn1nc(-c3ccccc3)nc1[C@@H](C)NC(=O)CN(C(=O)c1cc(C)on1)CCNC2=O. The van der Waals surface area contributed by atoms with Crippen LogP contribution in [0.1, 0.15) is 45.4 Å². The fourth-order valence-corrected chi connectivity index (χ4v) is 4.53. The molecule has 13 heteroatoms. The fourth-order valence-electron chi connectivity index (χ4n) is 4.53. The zero-order chi connectivity index (χ0) is 29.6. The molecule has 2 aromatic carbocycles. The van der Waals surface area contributed by atoms with Gasteiger partial charge in [-0.2, -0.15) is 5.10 Å². The van der Waals surface area contributed by atoms with Crippen molar-refractivity contribution in [3.05, 3.63) is 77.4 Å². The summed E-state index contributed by atoms with van der Waals surface area (Å²) in [7, 11) is 1.52. The van der Waals surface area contributed by atoms with Gasteiger partial charge in [-0.1, -0.05) is 35.5 Å². The highest BCUT2D eigenvalue weighted by Crippen LogP contribution is 2.28. The lowest BCUT2D eigenvalue weighted by Crippen LogP contribution is -2.45.